The molecule has 116 valence electrons. The van der Waals surface area contributed by atoms with Gasteiger partial charge < -0.3 is 10.2 Å². The highest BCUT2D eigenvalue weighted by molar-refractivity contribution is 6.30. The van der Waals surface area contributed by atoms with Gasteiger partial charge in [-0.25, -0.2) is 0 Å². The van der Waals surface area contributed by atoms with Crippen LogP contribution >= 0.6 is 11.6 Å². The van der Waals surface area contributed by atoms with Crippen molar-refractivity contribution < 1.29 is 0 Å². The van der Waals surface area contributed by atoms with Gasteiger partial charge in [0.2, 0.25) is 0 Å². The Morgan fingerprint density at radius 2 is 1.86 bits per heavy atom. The molecule has 0 radical (unpaired) electrons. The number of nitrogens with zero attached hydrogens (tertiary/aromatic N) is 1. The normalized spacial score (nSPS) is 25.9. The van der Waals surface area contributed by atoms with Gasteiger partial charge in [0.15, 0.2) is 0 Å². The summed E-state index contributed by atoms with van der Waals surface area (Å²) in [7, 11) is 2.24. The summed E-state index contributed by atoms with van der Waals surface area (Å²) in [5.74, 6) is 0.894. The van der Waals surface area contributed by atoms with Crippen LogP contribution in [-0.4, -0.2) is 19.1 Å². The Labute approximate surface area is 133 Å². The topological polar surface area (TPSA) is 15.3 Å². The molecule has 2 saturated carbocycles. The standard InChI is InChI=1S/C18H27ClN2/c1-13-3-9-17(10-4-13)21(2)18-11-15(19)6-5-14(18)12-20-16-7-8-16/h5-6,11,13,16-17,20H,3-4,7-10,12H2,1-2H3. The van der Waals surface area contributed by atoms with Crippen molar-refractivity contribution in [2.45, 2.75) is 64.1 Å². The number of benzene rings is 1. The van der Waals surface area contributed by atoms with Gasteiger partial charge in [-0.3, -0.25) is 0 Å². The molecule has 2 aliphatic carbocycles. The number of rotatable bonds is 5. The maximum atomic E-state index is 6.25. The molecular weight excluding hydrogens is 280 g/mol. The van der Waals surface area contributed by atoms with Gasteiger partial charge in [0.05, 0.1) is 0 Å². The molecule has 2 nitrogen and oxygen atoms in total. The van der Waals surface area contributed by atoms with Gasteiger partial charge in [-0.15, -0.1) is 0 Å². The lowest BCUT2D eigenvalue weighted by Gasteiger charge is -2.36. The zero-order chi connectivity index (χ0) is 14.8. The van der Waals surface area contributed by atoms with Crippen LogP contribution in [-0.2, 0) is 6.54 Å². The molecule has 0 atom stereocenters. The van der Waals surface area contributed by atoms with Crippen LogP contribution in [0.5, 0.6) is 0 Å². The smallest absolute Gasteiger partial charge is 0.0426 e. The van der Waals surface area contributed by atoms with Crippen molar-refractivity contribution in [3.8, 4) is 0 Å². The predicted molar refractivity (Wildman–Crippen MR) is 91.1 cm³/mol. The SMILES string of the molecule is CC1CCC(N(C)c2cc(Cl)ccc2CNC2CC2)CC1. The van der Waals surface area contributed by atoms with E-state index in [0.717, 1.165) is 23.5 Å². The van der Waals surface area contributed by atoms with Crippen LogP contribution in [0.3, 0.4) is 0 Å². The maximum Gasteiger partial charge on any atom is 0.0426 e. The first-order valence-corrected chi connectivity index (χ1v) is 8.76. The molecule has 0 saturated heterocycles. The minimum Gasteiger partial charge on any atom is -0.371 e. The number of hydrogen-bond acceptors (Lipinski definition) is 2. The first-order chi connectivity index (χ1) is 10.1. The molecule has 0 heterocycles. The summed E-state index contributed by atoms with van der Waals surface area (Å²) in [6.07, 6.45) is 7.98. The summed E-state index contributed by atoms with van der Waals surface area (Å²) < 4.78 is 0. The van der Waals surface area contributed by atoms with Crippen LogP contribution in [0, 0.1) is 5.92 Å². The fourth-order valence-corrected chi connectivity index (χ4v) is 3.55. The molecule has 1 N–H and O–H groups in total. The Morgan fingerprint density at radius 1 is 1.14 bits per heavy atom. The predicted octanol–water partition coefficient (Wildman–Crippen LogP) is 4.61. The minimum absolute atomic E-state index is 0.666. The Morgan fingerprint density at radius 3 is 2.52 bits per heavy atom. The second-order valence-corrected chi connectivity index (χ2v) is 7.39. The lowest BCUT2D eigenvalue weighted by atomic mass is 9.86. The highest BCUT2D eigenvalue weighted by Crippen LogP contribution is 2.32. The zero-order valence-electron chi connectivity index (χ0n) is 13.2. The van der Waals surface area contributed by atoms with E-state index in [1.165, 1.54) is 49.8 Å². The molecule has 0 aliphatic heterocycles. The zero-order valence-corrected chi connectivity index (χ0v) is 14.0. The molecule has 3 heteroatoms. The summed E-state index contributed by atoms with van der Waals surface area (Å²) in [5.41, 5.74) is 2.70. The van der Waals surface area contributed by atoms with E-state index in [1.807, 2.05) is 6.07 Å². The number of halogens is 1. The average molecular weight is 307 g/mol. The van der Waals surface area contributed by atoms with Crippen molar-refractivity contribution in [3.05, 3.63) is 28.8 Å². The minimum atomic E-state index is 0.666. The first kappa shape index (κ1) is 15.2. The fourth-order valence-electron chi connectivity index (χ4n) is 3.38. The van der Waals surface area contributed by atoms with Crippen LogP contribution in [0.4, 0.5) is 5.69 Å². The van der Waals surface area contributed by atoms with Gasteiger partial charge in [0.25, 0.3) is 0 Å². The molecule has 0 amide bonds. The van der Waals surface area contributed by atoms with Gasteiger partial charge in [-0.05, 0) is 62.1 Å². The van der Waals surface area contributed by atoms with Crippen LogP contribution in [0.25, 0.3) is 0 Å². The second-order valence-electron chi connectivity index (χ2n) is 6.95. The van der Waals surface area contributed by atoms with Crippen molar-refractivity contribution in [1.29, 1.82) is 0 Å². The van der Waals surface area contributed by atoms with Gasteiger partial charge in [0, 0.05) is 36.4 Å². The first-order valence-electron chi connectivity index (χ1n) is 8.38. The molecule has 21 heavy (non-hydrogen) atoms. The number of nitrogens with one attached hydrogen (secondary N) is 1. The van der Waals surface area contributed by atoms with Crippen molar-refractivity contribution in [1.82, 2.24) is 5.32 Å². The Hall–Kier alpha value is -0.730. The summed E-state index contributed by atoms with van der Waals surface area (Å²) in [4.78, 5) is 2.47. The van der Waals surface area contributed by atoms with Gasteiger partial charge in [0.1, 0.15) is 0 Å². The Kier molecular flexibility index (Phi) is 4.75. The number of anilines is 1. The summed E-state index contributed by atoms with van der Waals surface area (Å²) in [6.45, 7) is 3.34. The molecule has 2 aliphatic rings. The van der Waals surface area contributed by atoms with Crippen molar-refractivity contribution in [2.75, 3.05) is 11.9 Å². The summed E-state index contributed by atoms with van der Waals surface area (Å²) in [6, 6.07) is 7.76. The Balaban J connectivity index is 1.73. The quantitative estimate of drug-likeness (QED) is 0.855. The number of hydrogen-bond donors (Lipinski definition) is 1. The fraction of sp³-hybridized carbons (Fsp3) is 0.667. The summed E-state index contributed by atoms with van der Waals surface area (Å²) >= 11 is 6.25. The lowest BCUT2D eigenvalue weighted by Crippen LogP contribution is -2.35. The molecule has 2 fully saturated rings. The molecule has 3 rings (SSSR count). The van der Waals surface area contributed by atoms with E-state index in [1.54, 1.807) is 0 Å². The monoisotopic (exact) mass is 306 g/mol. The van der Waals surface area contributed by atoms with E-state index in [-0.39, 0.29) is 0 Å². The van der Waals surface area contributed by atoms with Crippen molar-refractivity contribution >= 4 is 17.3 Å². The molecule has 0 spiro atoms. The second kappa shape index (κ2) is 6.58. The lowest BCUT2D eigenvalue weighted by molar-refractivity contribution is 0.340. The van der Waals surface area contributed by atoms with E-state index in [9.17, 15) is 0 Å². The molecule has 1 aromatic carbocycles. The van der Waals surface area contributed by atoms with E-state index in [4.69, 9.17) is 11.6 Å². The maximum absolute atomic E-state index is 6.25. The molecule has 0 bridgehead atoms. The third kappa shape index (κ3) is 3.92. The Bertz CT molecular complexity index is 476. The average Bonchev–Trinajstić information content (AvgIpc) is 3.30. The molecular formula is C18H27ClN2. The highest BCUT2D eigenvalue weighted by atomic mass is 35.5. The molecule has 0 unspecified atom stereocenters. The van der Waals surface area contributed by atoms with Crippen molar-refractivity contribution in [3.63, 3.8) is 0 Å². The third-order valence-corrected chi connectivity index (χ3v) is 5.35. The van der Waals surface area contributed by atoms with Gasteiger partial charge in [-0.1, -0.05) is 24.6 Å². The van der Waals surface area contributed by atoms with Gasteiger partial charge in [-0.2, -0.15) is 0 Å². The van der Waals surface area contributed by atoms with E-state index in [0.29, 0.717) is 6.04 Å². The highest BCUT2D eigenvalue weighted by Gasteiger charge is 2.24. The third-order valence-electron chi connectivity index (χ3n) is 5.12. The summed E-state index contributed by atoms with van der Waals surface area (Å²) in [5, 5.41) is 4.47. The van der Waals surface area contributed by atoms with Crippen LogP contribution in [0.1, 0.15) is 51.0 Å². The van der Waals surface area contributed by atoms with E-state index in [2.05, 4.69) is 36.3 Å². The van der Waals surface area contributed by atoms with Crippen LogP contribution in [0.2, 0.25) is 5.02 Å². The van der Waals surface area contributed by atoms with E-state index < -0.39 is 0 Å². The largest absolute Gasteiger partial charge is 0.371 e. The van der Waals surface area contributed by atoms with Crippen LogP contribution < -0.4 is 10.2 Å². The van der Waals surface area contributed by atoms with Crippen LogP contribution in [0.15, 0.2) is 18.2 Å². The van der Waals surface area contributed by atoms with Gasteiger partial charge >= 0.3 is 0 Å². The van der Waals surface area contributed by atoms with Crippen molar-refractivity contribution in [2.24, 2.45) is 5.92 Å². The molecule has 0 aromatic heterocycles. The van der Waals surface area contributed by atoms with E-state index >= 15 is 0 Å². The molecule has 1 aromatic rings.